The van der Waals surface area contributed by atoms with E-state index in [1.54, 1.807) is 0 Å². The monoisotopic (exact) mass is 188 g/mol. The molecule has 5 heteroatoms. The number of aromatic amines is 1. The van der Waals surface area contributed by atoms with E-state index in [4.69, 9.17) is 11.6 Å². The normalized spacial score (nSPS) is 10.9. The van der Waals surface area contributed by atoms with Crippen molar-refractivity contribution in [2.75, 3.05) is 0 Å². The number of hydrogen-bond acceptors (Lipinski definition) is 1. The lowest BCUT2D eigenvalue weighted by Crippen LogP contribution is -1.81. The van der Waals surface area contributed by atoms with Crippen LogP contribution in [0.15, 0.2) is 12.1 Å². The van der Waals surface area contributed by atoms with Crippen LogP contribution in [0, 0.1) is 11.6 Å². The lowest BCUT2D eigenvalue weighted by atomic mass is 10.3. The maximum atomic E-state index is 12.9. The molecule has 0 aliphatic carbocycles. The van der Waals surface area contributed by atoms with Crippen molar-refractivity contribution in [3.63, 3.8) is 0 Å². The Hall–Kier alpha value is -1.16. The second kappa shape index (κ2) is 2.42. The zero-order valence-electron chi connectivity index (χ0n) is 5.74. The van der Waals surface area contributed by atoms with Crippen LogP contribution in [0.25, 0.3) is 11.0 Å². The van der Waals surface area contributed by atoms with Crippen molar-refractivity contribution in [2.24, 2.45) is 0 Å². The summed E-state index contributed by atoms with van der Waals surface area (Å²) in [5.74, 6) is -1.15. The number of halogens is 3. The Labute approximate surface area is 71.2 Å². The third-order valence-electron chi connectivity index (χ3n) is 1.52. The van der Waals surface area contributed by atoms with E-state index in [1.165, 1.54) is 0 Å². The van der Waals surface area contributed by atoms with Gasteiger partial charge in [-0.1, -0.05) is 0 Å². The molecule has 12 heavy (non-hydrogen) atoms. The fraction of sp³-hybridized carbons (Fsp3) is 0. The molecule has 0 radical (unpaired) electrons. The van der Waals surface area contributed by atoms with E-state index < -0.39 is 11.6 Å². The number of nitrogens with one attached hydrogen (secondary N) is 1. The molecule has 1 heterocycles. The minimum Gasteiger partial charge on any atom is -0.326 e. The van der Waals surface area contributed by atoms with E-state index in [-0.39, 0.29) is 16.3 Å². The highest BCUT2D eigenvalue weighted by Crippen LogP contribution is 2.20. The van der Waals surface area contributed by atoms with Crippen LogP contribution in [0.1, 0.15) is 0 Å². The van der Waals surface area contributed by atoms with Gasteiger partial charge < -0.3 is 4.98 Å². The summed E-state index contributed by atoms with van der Waals surface area (Å²) < 4.78 is 25.8. The number of fused-ring (bicyclic) bond motifs is 1. The van der Waals surface area contributed by atoms with E-state index in [9.17, 15) is 8.78 Å². The number of rotatable bonds is 0. The van der Waals surface area contributed by atoms with Gasteiger partial charge in [-0.2, -0.15) is 0 Å². The Balaban J connectivity index is 2.93. The van der Waals surface area contributed by atoms with Crippen LogP contribution in [0.2, 0.25) is 5.28 Å². The molecule has 0 spiro atoms. The van der Waals surface area contributed by atoms with Gasteiger partial charge in [0.2, 0.25) is 5.28 Å². The number of hydrogen-bond donors (Lipinski definition) is 1. The van der Waals surface area contributed by atoms with Gasteiger partial charge in [-0.3, -0.25) is 0 Å². The highest BCUT2D eigenvalue weighted by molar-refractivity contribution is 6.29. The first-order valence-corrected chi connectivity index (χ1v) is 3.55. The highest BCUT2D eigenvalue weighted by atomic mass is 35.5. The molecule has 0 fully saturated rings. The standard InChI is InChI=1S/C7H3ClF2N2/c8-7-11-5-3(9)1-2-4(10)6(5)12-7/h1-2H,(H,11,12). The Morgan fingerprint density at radius 2 is 1.92 bits per heavy atom. The minimum absolute atomic E-state index is 0.000000000000000222. The van der Waals surface area contributed by atoms with Gasteiger partial charge in [-0.25, -0.2) is 13.8 Å². The number of imidazole rings is 1. The van der Waals surface area contributed by atoms with E-state index >= 15 is 0 Å². The molecule has 1 aromatic carbocycles. The molecule has 0 saturated carbocycles. The van der Waals surface area contributed by atoms with Gasteiger partial charge in [0.05, 0.1) is 0 Å². The van der Waals surface area contributed by atoms with Crippen molar-refractivity contribution in [1.29, 1.82) is 0 Å². The third-order valence-corrected chi connectivity index (χ3v) is 1.69. The number of benzene rings is 1. The summed E-state index contributed by atoms with van der Waals surface area (Å²) in [4.78, 5) is 5.98. The van der Waals surface area contributed by atoms with Crippen LogP contribution in [0.4, 0.5) is 8.78 Å². The number of nitrogens with zero attached hydrogens (tertiary/aromatic N) is 1. The topological polar surface area (TPSA) is 28.7 Å². The van der Waals surface area contributed by atoms with Crippen LogP contribution in [0.5, 0.6) is 0 Å². The maximum Gasteiger partial charge on any atom is 0.201 e. The molecule has 2 aromatic rings. The van der Waals surface area contributed by atoms with Crippen molar-refractivity contribution in [3.05, 3.63) is 29.1 Å². The van der Waals surface area contributed by atoms with Gasteiger partial charge in [-0.05, 0) is 23.7 Å². The predicted molar refractivity (Wildman–Crippen MR) is 41.0 cm³/mol. The van der Waals surface area contributed by atoms with Gasteiger partial charge in [0.25, 0.3) is 0 Å². The van der Waals surface area contributed by atoms with E-state index in [0.29, 0.717) is 0 Å². The first-order chi connectivity index (χ1) is 5.68. The Kier molecular flexibility index (Phi) is 1.51. The average molecular weight is 189 g/mol. The highest BCUT2D eigenvalue weighted by Gasteiger charge is 2.09. The third kappa shape index (κ3) is 0.956. The molecular weight excluding hydrogens is 186 g/mol. The summed E-state index contributed by atoms with van der Waals surface area (Å²) in [5, 5.41) is -0.0194. The molecule has 0 unspecified atom stereocenters. The molecule has 0 bridgehead atoms. The SMILES string of the molecule is Fc1ccc(F)c2[nH]c(Cl)nc12. The molecule has 62 valence electrons. The molecule has 0 aliphatic heterocycles. The molecular formula is C7H3ClF2N2. The van der Waals surface area contributed by atoms with Crippen LogP contribution < -0.4 is 0 Å². The molecule has 1 N–H and O–H groups in total. The Bertz CT molecular complexity index is 399. The van der Waals surface area contributed by atoms with Crippen molar-refractivity contribution < 1.29 is 8.78 Å². The Morgan fingerprint density at radius 3 is 2.58 bits per heavy atom. The number of aromatic nitrogens is 2. The quantitative estimate of drug-likeness (QED) is 0.676. The van der Waals surface area contributed by atoms with Crippen LogP contribution in [-0.4, -0.2) is 9.97 Å². The van der Waals surface area contributed by atoms with Gasteiger partial charge in [0, 0.05) is 0 Å². The smallest absolute Gasteiger partial charge is 0.201 e. The van der Waals surface area contributed by atoms with Crippen molar-refractivity contribution in [2.45, 2.75) is 0 Å². The lowest BCUT2D eigenvalue weighted by molar-refractivity contribution is 0.615. The molecule has 0 saturated heterocycles. The molecule has 1 aromatic heterocycles. The van der Waals surface area contributed by atoms with Crippen molar-refractivity contribution >= 4 is 22.6 Å². The van der Waals surface area contributed by atoms with E-state index in [0.717, 1.165) is 12.1 Å². The summed E-state index contributed by atoms with van der Waals surface area (Å²) in [6, 6.07) is 2.03. The second-order valence-electron chi connectivity index (χ2n) is 2.28. The summed E-state index contributed by atoms with van der Waals surface area (Å²) in [7, 11) is 0. The maximum absolute atomic E-state index is 12.9. The van der Waals surface area contributed by atoms with Crippen LogP contribution >= 0.6 is 11.6 Å². The van der Waals surface area contributed by atoms with E-state index in [1.807, 2.05) is 0 Å². The molecule has 0 amide bonds. The fourth-order valence-electron chi connectivity index (χ4n) is 0.999. The van der Waals surface area contributed by atoms with Gasteiger partial charge in [-0.15, -0.1) is 0 Å². The summed E-state index contributed by atoms with van der Waals surface area (Å²) in [6.45, 7) is 0. The zero-order valence-corrected chi connectivity index (χ0v) is 6.49. The van der Waals surface area contributed by atoms with Gasteiger partial charge in [0.15, 0.2) is 5.82 Å². The lowest BCUT2D eigenvalue weighted by Gasteiger charge is -1.90. The summed E-state index contributed by atoms with van der Waals surface area (Å²) in [5.41, 5.74) is -0.0694. The summed E-state index contributed by atoms with van der Waals surface area (Å²) in [6.07, 6.45) is 0. The van der Waals surface area contributed by atoms with Crippen molar-refractivity contribution in [3.8, 4) is 0 Å². The Morgan fingerprint density at radius 1 is 1.25 bits per heavy atom. The molecule has 0 aliphatic rings. The van der Waals surface area contributed by atoms with Gasteiger partial charge in [0.1, 0.15) is 16.9 Å². The zero-order chi connectivity index (χ0) is 8.72. The van der Waals surface area contributed by atoms with E-state index in [2.05, 4.69) is 9.97 Å². The molecule has 2 rings (SSSR count). The predicted octanol–water partition coefficient (Wildman–Crippen LogP) is 2.49. The second-order valence-corrected chi connectivity index (χ2v) is 2.64. The molecule has 0 atom stereocenters. The van der Waals surface area contributed by atoms with Crippen LogP contribution in [-0.2, 0) is 0 Å². The van der Waals surface area contributed by atoms with Crippen molar-refractivity contribution in [1.82, 2.24) is 9.97 Å². The van der Waals surface area contributed by atoms with Gasteiger partial charge >= 0.3 is 0 Å². The molecule has 2 nitrogen and oxygen atoms in total. The fourth-order valence-corrected chi connectivity index (χ4v) is 1.18. The largest absolute Gasteiger partial charge is 0.326 e. The number of H-pyrrole nitrogens is 1. The first kappa shape index (κ1) is 7.49. The first-order valence-electron chi connectivity index (χ1n) is 3.17. The average Bonchev–Trinajstić information content (AvgIpc) is 2.41. The minimum atomic E-state index is -0.588. The summed E-state index contributed by atoms with van der Waals surface area (Å²) >= 11 is 5.43. The van der Waals surface area contributed by atoms with Crippen LogP contribution in [0.3, 0.4) is 0 Å².